The van der Waals surface area contributed by atoms with Crippen LogP contribution in [0.3, 0.4) is 0 Å². The molecule has 2 rings (SSSR count). The number of carbonyl (C=O) groups excluding carboxylic acids is 1. The zero-order valence-electron chi connectivity index (χ0n) is 9.84. The zero-order chi connectivity index (χ0) is 14.8. The third-order valence-corrected chi connectivity index (χ3v) is 5.44. The topological polar surface area (TPSA) is 76.1 Å². The van der Waals surface area contributed by atoms with Crippen molar-refractivity contribution in [2.24, 2.45) is 0 Å². The first kappa shape index (κ1) is 14.9. The molecule has 0 bridgehead atoms. The maximum atomic E-state index is 12.7. The van der Waals surface area contributed by atoms with Gasteiger partial charge in [0, 0.05) is 15.6 Å². The summed E-state index contributed by atoms with van der Waals surface area (Å²) in [5.74, 6) is -1.01. The normalized spacial score (nSPS) is 11.3. The molecule has 0 atom stereocenters. The molecule has 0 radical (unpaired) electrons. The largest absolute Gasteiger partial charge is 0.346 e. The molecule has 1 N–H and O–H groups in total. The zero-order valence-corrected chi connectivity index (χ0v) is 12.2. The van der Waals surface area contributed by atoms with Gasteiger partial charge in [-0.15, -0.1) is 11.3 Å². The minimum absolute atomic E-state index is 0.0170. The first-order valence-electron chi connectivity index (χ1n) is 5.29. The lowest BCUT2D eigenvalue weighted by atomic mass is 10.3. The van der Waals surface area contributed by atoms with Gasteiger partial charge in [0.15, 0.2) is 0 Å². The number of rotatable bonds is 4. The number of pyridine rings is 1. The lowest BCUT2D eigenvalue weighted by molar-refractivity contribution is 0.0946. The fraction of sp³-hybridized carbons (Fsp3) is 0.0909. The highest BCUT2D eigenvalue weighted by molar-refractivity contribution is 8.15. The average Bonchev–Trinajstić information content (AvgIpc) is 2.85. The molecular formula is C11H8ClFN2O3S2. The molecule has 0 aromatic carbocycles. The van der Waals surface area contributed by atoms with E-state index in [4.69, 9.17) is 10.7 Å². The van der Waals surface area contributed by atoms with Crippen LogP contribution in [0.5, 0.6) is 0 Å². The third kappa shape index (κ3) is 3.75. The Morgan fingerprint density at radius 1 is 1.35 bits per heavy atom. The monoisotopic (exact) mass is 334 g/mol. The minimum atomic E-state index is -3.75. The molecular weight excluding hydrogens is 327 g/mol. The Kier molecular flexibility index (Phi) is 4.36. The van der Waals surface area contributed by atoms with Crippen LogP contribution >= 0.6 is 22.0 Å². The van der Waals surface area contributed by atoms with Crippen LogP contribution in [0.4, 0.5) is 4.39 Å². The Bertz CT molecular complexity index is 728. The summed E-state index contributed by atoms with van der Waals surface area (Å²) in [5, 5.41) is 2.55. The van der Waals surface area contributed by atoms with E-state index in [2.05, 4.69) is 10.3 Å². The number of thiophene rings is 1. The highest BCUT2D eigenvalue weighted by Crippen LogP contribution is 2.24. The van der Waals surface area contributed by atoms with Crippen LogP contribution in [0.2, 0.25) is 0 Å². The molecule has 0 aliphatic rings. The van der Waals surface area contributed by atoms with E-state index in [1.165, 1.54) is 12.1 Å². The van der Waals surface area contributed by atoms with Gasteiger partial charge in [-0.2, -0.15) is 0 Å². The standard InChI is InChI=1S/C11H8ClFN2O3S2/c12-20(17,18)10-4-2-8(19-10)6-15-11(16)9-3-1-7(13)5-14-9/h1-5H,6H2,(H,15,16). The molecule has 0 aliphatic heterocycles. The van der Waals surface area contributed by atoms with Crippen molar-refractivity contribution in [3.63, 3.8) is 0 Å². The van der Waals surface area contributed by atoms with E-state index < -0.39 is 20.8 Å². The predicted molar refractivity (Wildman–Crippen MR) is 72.7 cm³/mol. The molecule has 9 heteroatoms. The Hall–Kier alpha value is -1.51. The van der Waals surface area contributed by atoms with Gasteiger partial charge < -0.3 is 5.32 Å². The van der Waals surface area contributed by atoms with Crippen LogP contribution in [-0.4, -0.2) is 19.3 Å². The van der Waals surface area contributed by atoms with Gasteiger partial charge in [-0.05, 0) is 24.3 Å². The van der Waals surface area contributed by atoms with Crippen molar-refractivity contribution in [3.05, 3.63) is 46.9 Å². The second kappa shape index (κ2) is 5.86. The first-order valence-corrected chi connectivity index (χ1v) is 8.42. The van der Waals surface area contributed by atoms with Gasteiger partial charge in [0.1, 0.15) is 15.7 Å². The van der Waals surface area contributed by atoms with E-state index in [0.717, 1.165) is 23.6 Å². The van der Waals surface area contributed by atoms with Crippen LogP contribution in [0.25, 0.3) is 0 Å². The maximum Gasteiger partial charge on any atom is 0.270 e. The summed E-state index contributed by atoms with van der Waals surface area (Å²) >= 11 is 0.964. The summed E-state index contributed by atoms with van der Waals surface area (Å²) in [5.41, 5.74) is 0.0770. The quantitative estimate of drug-likeness (QED) is 0.869. The molecule has 0 unspecified atom stereocenters. The fourth-order valence-electron chi connectivity index (χ4n) is 1.35. The summed E-state index contributed by atoms with van der Waals surface area (Å²) in [6.45, 7) is 0.134. The van der Waals surface area contributed by atoms with E-state index >= 15 is 0 Å². The van der Waals surface area contributed by atoms with Crippen LogP contribution in [0.15, 0.2) is 34.7 Å². The lowest BCUT2D eigenvalue weighted by Crippen LogP contribution is -2.23. The number of hydrogen-bond donors (Lipinski definition) is 1. The molecule has 2 aromatic rings. The van der Waals surface area contributed by atoms with Crippen LogP contribution in [0.1, 0.15) is 15.4 Å². The van der Waals surface area contributed by atoms with Crippen LogP contribution in [0, 0.1) is 5.82 Å². The lowest BCUT2D eigenvalue weighted by Gasteiger charge is -2.02. The maximum absolute atomic E-state index is 12.7. The van der Waals surface area contributed by atoms with Crippen molar-refractivity contribution in [2.75, 3.05) is 0 Å². The van der Waals surface area contributed by atoms with Gasteiger partial charge in [-0.3, -0.25) is 4.79 Å². The number of amides is 1. The molecule has 0 saturated heterocycles. The van der Waals surface area contributed by atoms with Crippen molar-refractivity contribution in [2.45, 2.75) is 10.8 Å². The molecule has 0 aliphatic carbocycles. The molecule has 2 heterocycles. The van der Waals surface area contributed by atoms with Gasteiger partial charge in [0.05, 0.1) is 12.7 Å². The molecule has 106 valence electrons. The van der Waals surface area contributed by atoms with Crippen molar-refractivity contribution in [1.82, 2.24) is 10.3 Å². The number of nitrogens with zero attached hydrogens (tertiary/aromatic N) is 1. The average molecular weight is 335 g/mol. The minimum Gasteiger partial charge on any atom is -0.346 e. The molecule has 20 heavy (non-hydrogen) atoms. The van der Waals surface area contributed by atoms with Crippen LogP contribution in [-0.2, 0) is 15.6 Å². The first-order chi connectivity index (χ1) is 9.36. The third-order valence-electron chi connectivity index (χ3n) is 2.26. The van der Waals surface area contributed by atoms with E-state index in [1.54, 1.807) is 6.07 Å². The number of nitrogens with one attached hydrogen (secondary N) is 1. The molecule has 0 saturated carbocycles. The smallest absolute Gasteiger partial charge is 0.270 e. The summed E-state index contributed by atoms with van der Waals surface area (Å²) in [7, 11) is 1.44. The van der Waals surface area contributed by atoms with Crippen molar-refractivity contribution >= 4 is 37.0 Å². The molecule has 5 nitrogen and oxygen atoms in total. The predicted octanol–water partition coefficient (Wildman–Crippen LogP) is 2.14. The van der Waals surface area contributed by atoms with Crippen LogP contribution < -0.4 is 5.32 Å². The second-order valence-corrected chi connectivity index (χ2v) is 7.66. The highest BCUT2D eigenvalue weighted by atomic mass is 35.7. The molecule has 1 amide bonds. The van der Waals surface area contributed by atoms with Crippen molar-refractivity contribution in [3.8, 4) is 0 Å². The number of carbonyl (C=O) groups is 1. The van der Waals surface area contributed by atoms with Crippen molar-refractivity contribution in [1.29, 1.82) is 0 Å². The Morgan fingerprint density at radius 2 is 2.10 bits per heavy atom. The fourth-order valence-corrected chi connectivity index (χ4v) is 3.41. The molecule has 2 aromatic heterocycles. The highest BCUT2D eigenvalue weighted by Gasteiger charge is 2.14. The Balaban J connectivity index is 2.00. The Morgan fingerprint density at radius 3 is 2.65 bits per heavy atom. The van der Waals surface area contributed by atoms with Gasteiger partial charge in [0.25, 0.3) is 15.0 Å². The van der Waals surface area contributed by atoms with Gasteiger partial charge >= 0.3 is 0 Å². The van der Waals surface area contributed by atoms with Crippen molar-refractivity contribution < 1.29 is 17.6 Å². The Labute approximate surface area is 122 Å². The van der Waals surface area contributed by atoms with E-state index in [1.807, 2.05) is 0 Å². The van der Waals surface area contributed by atoms with E-state index in [-0.39, 0.29) is 16.4 Å². The van der Waals surface area contributed by atoms with Gasteiger partial charge in [-0.25, -0.2) is 17.8 Å². The SMILES string of the molecule is O=C(NCc1ccc(S(=O)(=O)Cl)s1)c1ccc(F)cn1. The number of hydrogen-bond acceptors (Lipinski definition) is 5. The van der Waals surface area contributed by atoms with E-state index in [0.29, 0.717) is 4.88 Å². The summed E-state index contributed by atoms with van der Waals surface area (Å²) in [6, 6.07) is 5.31. The number of halogens is 2. The molecule has 0 spiro atoms. The van der Waals surface area contributed by atoms with Gasteiger partial charge in [-0.1, -0.05) is 0 Å². The summed E-state index contributed by atoms with van der Waals surface area (Å²) < 4.78 is 34.8. The number of aromatic nitrogens is 1. The van der Waals surface area contributed by atoms with Gasteiger partial charge in [0.2, 0.25) is 0 Å². The van der Waals surface area contributed by atoms with E-state index in [9.17, 15) is 17.6 Å². The summed E-state index contributed by atoms with van der Waals surface area (Å²) in [4.78, 5) is 16.0. The summed E-state index contributed by atoms with van der Waals surface area (Å²) in [6.07, 6.45) is 0.943. The molecule has 0 fully saturated rings. The second-order valence-electron chi connectivity index (χ2n) is 3.70.